The molecule has 4 unspecified atom stereocenters. The molecule has 47 heavy (non-hydrogen) atoms. The van der Waals surface area contributed by atoms with E-state index in [0.29, 0.717) is 30.0 Å². The molecule has 0 bridgehead atoms. The number of para-hydroxylation sites is 1. The summed E-state index contributed by atoms with van der Waals surface area (Å²) in [6.07, 6.45) is 12.0. The van der Waals surface area contributed by atoms with E-state index in [9.17, 15) is 13.6 Å². The van der Waals surface area contributed by atoms with Gasteiger partial charge in [0.05, 0.1) is 5.56 Å². The van der Waals surface area contributed by atoms with Crippen molar-refractivity contribution in [3.05, 3.63) is 60.9 Å². The van der Waals surface area contributed by atoms with Crippen molar-refractivity contribution in [2.75, 3.05) is 0 Å². The van der Waals surface area contributed by atoms with E-state index in [1.807, 2.05) is 6.07 Å². The maximum Gasteiger partial charge on any atom is 0.348 e. The lowest BCUT2D eigenvalue weighted by molar-refractivity contribution is -0.147. The summed E-state index contributed by atoms with van der Waals surface area (Å²) in [5.74, 6) is 0.171. The number of aromatic nitrogens is 2. The minimum atomic E-state index is -2.05. The largest absolute Gasteiger partial charge is 0.487 e. The number of alkyl halides is 3. The first-order chi connectivity index (χ1) is 22.7. The molecule has 0 saturated heterocycles. The third-order valence-corrected chi connectivity index (χ3v) is 8.52. The lowest BCUT2D eigenvalue weighted by Crippen LogP contribution is -2.34. The van der Waals surface area contributed by atoms with E-state index in [-0.39, 0.29) is 12.2 Å². The summed E-state index contributed by atoms with van der Waals surface area (Å²) in [6.45, 7) is 6.80. The highest BCUT2D eigenvalue weighted by molar-refractivity contribution is 5.81. The number of benzene rings is 2. The number of nitrogens with zero attached hydrogens (tertiary/aromatic N) is 2. The number of carbonyl (C=O) groups is 1. The van der Waals surface area contributed by atoms with Crippen molar-refractivity contribution in [2.45, 2.75) is 142 Å². The molecule has 0 fully saturated rings. The van der Waals surface area contributed by atoms with Gasteiger partial charge in [0.25, 0.3) is 0 Å². The van der Waals surface area contributed by atoms with Crippen molar-refractivity contribution in [1.29, 1.82) is 0 Å². The highest BCUT2D eigenvalue weighted by atomic mass is 19.2. The Kier molecular flexibility index (Phi) is 16.2. The highest BCUT2D eigenvalue weighted by Crippen LogP contribution is 2.32. The lowest BCUT2D eigenvalue weighted by atomic mass is 9.99. The number of esters is 1. The van der Waals surface area contributed by atoms with Gasteiger partial charge in [-0.1, -0.05) is 102 Å². The summed E-state index contributed by atoms with van der Waals surface area (Å²) in [5, 5.41) is 0. The van der Waals surface area contributed by atoms with Gasteiger partial charge in [-0.05, 0) is 69.4 Å². The normalized spacial score (nSPS) is 14.6. The average molecular weight is 655 g/mol. The minimum absolute atomic E-state index is 0.139. The molecule has 0 spiro atoms. The summed E-state index contributed by atoms with van der Waals surface area (Å²) in [5.41, 5.74) is 0.0421. The quantitative estimate of drug-likeness (QED) is 0.0613. The highest BCUT2D eigenvalue weighted by Gasteiger charge is 2.34. The fourth-order valence-corrected chi connectivity index (χ4v) is 5.51. The maximum atomic E-state index is 15.1. The van der Waals surface area contributed by atoms with Gasteiger partial charge in [0.15, 0.2) is 12.0 Å². The van der Waals surface area contributed by atoms with E-state index in [2.05, 4.69) is 23.8 Å². The third kappa shape index (κ3) is 12.6. The molecule has 0 saturated carbocycles. The van der Waals surface area contributed by atoms with Gasteiger partial charge in [-0.15, -0.1) is 0 Å². The van der Waals surface area contributed by atoms with Crippen molar-refractivity contribution in [2.24, 2.45) is 0 Å². The zero-order chi connectivity index (χ0) is 34.1. The van der Waals surface area contributed by atoms with Gasteiger partial charge >= 0.3 is 5.97 Å². The smallest absolute Gasteiger partial charge is 0.348 e. The molecule has 3 aromatic rings. The average Bonchev–Trinajstić information content (AvgIpc) is 3.07. The van der Waals surface area contributed by atoms with Gasteiger partial charge in [-0.3, -0.25) is 0 Å². The monoisotopic (exact) mass is 654 g/mol. The topological polar surface area (TPSA) is 61.3 Å². The second-order valence-electron chi connectivity index (χ2n) is 12.8. The van der Waals surface area contributed by atoms with Crippen LogP contribution in [0.15, 0.2) is 60.9 Å². The summed E-state index contributed by atoms with van der Waals surface area (Å²) < 4.78 is 55.4. The number of hydrogen-bond acceptors (Lipinski definition) is 5. The number of carbonyl (C=O) groups excluding carboxylic acids is 1. The standard InChI is InChI=1S/C39H53F3N2O3/c1-5-7-9-11-12-13-14-18-26-39(4,42)38(45)46-32-24-22-30(23-25-32)31-27-43-37(44-28-31)33-19-16-17-20-34(33)47-35(36(41)29(3)40)21-15-10-8-6-2/h16-17,19-20,22-25,27-29,35-36H,5-15,18,21,26H2,1-4H3. The lowest BCUT2D eigenvalue weighted by Gasteiger charge is -2.24. The molecule has 0 aliphatic heterocycles. The molecule has 5 nitrogen and oxygen atoms in total. The van der Waals surface area contributed by atoms with Crippen molar-refractivity contribution in [1.82, 2.24) is 9.97 Å². The Morgan fingerprint density at radius 2 is 1.36 bits per heavy atom. The SMILES string of the molecule is CCCCCCCCCCC(C)(F)C(=O)Oc1ccc(-c2cnc(-c3ccccc3OC(CCCCCC)C(F)C(C)F)nc2)cc1. The Morgan fingerprint density at radius 1 is 0.787 bits per heavy atom. The Balaban J connectivity index is 1.59. The molecule has 0 amide bonds. The predicted molar refractivity (Wildman–Crippen MR) is 184 cm³/mol. The van der Waals surface area contributed by atoms with Crippen molar-refractivity contribution >= 4 is 5.97 Å². The second-order valence-corrected chi connectivity index (χ2v) is 12.8. The first kappa shape index (κ1) is 38.0. The molecule has 0 N–H and O–H groups in total. The Hall–Kier alpha value is -3.42. The number of ether oxygens (including phenoxy) is 2. The summed E-state index contributed by atoms with van der Waals surface area (Å²) >= 11 is 0. The van der Waals surface area contributed by atoms with Crippen LogP contribution in [0.1, 0.15) is 118 Å². The van der Waals surface area contributed by atoms with Crippen LogP contribution >= 0.6 is 0 Å². The molecule has 8 heteroatoms. The van der Waals surface area contributed by atoms with E-state index < -0.39 is 30.1 Å². The predicted octanol–water partition coefficient (Wildman–Crippen LogP) is 11.4. The van der Waals surface area contributed by atoms with E-state index in [1.165, 1.54) is 39.5 Å². The maximum absolute atomic E-state index is 15.1. The number of unbranched alkanes of at least 4 members (excludes halogenated alkanes) is 10. The number of hydrogen-bond donors (Lipinski definition) is 0. The van der Waals surface area contributed by atoms with Crippen LogP contribution in [-0.4, -0.2) is 40.1 Å². The van der Waals surface area contributed by atoms with Crippen molar-refractivity contribution < 1.29 is 27.4 Å². The van der Waals surface area contributed by atoms with Gasteiger partial charge in [0, 0.05) is 18.0 Å². The van der Waals surface area contributed by atoms with Crippen molar-refractivity contribution in [3.8, 4) is 34.0 Å². The van der Waals surface area contributed by atoms with E-state index >= 15 is 4.39 Å². The van der Waals surface area contributed by atoms with Crippen LogP contribution < -0.4 is 9.47 Å². The molecule has 258 valence electrons. The fraction of sp³-hybridized carbons (Fsp3) is 0.564. The molecule has 0 aliphatic rings. The van der Waals surface area contributed by atoms with Gasteiger partial charge in [0.2, 0.25) is 5.67 Å². The van der Waals surface area contributed by atoms with Crippen LogP contribution in [0.3, 0.4) is 0 Å². The molecular formula is C39H53F3N2O3. The molecule has 1 aromatic heterocycles. The van der Waals surface area contributed by atoms with Crippen LogP contribution in [0, 0.1) is 0 Å². The van der Waals surface area contributed by atoms with Crippen LogP contribution in [0.2, 0.25) is 0 Å². The van der Waals surface area contributed by atoms with E-state index in [1.54, 1.807) is 54.9 Å². The molecule has 0 aliphatic carbocycles. The van der Waals surface area contributed by atoms with E-state index in [0.717, 1.165) is 56.1 Å². The zero-order valence-corrected chi connectivity index (χ0v) is 28.7. The van der Waals surface area contributed by atoms with Crippen LogP contribution in [-0.2, 0) is 4.79 Å². The summed E-state index contributed by atoms with van der Waals surface area (Å²) in [4.78, 5) is 21.6. The summed E-state index contributed by atoms with van der Waals surface area (Å²) in [6, 6.07) is 13.9. The van der Waals surface area contributed by atoms with Gasteiger partial charge in [0.1, 0.15) is 23.8 Å². The Morgan fingerprint density at radius 3 is 1.98 bits per heavy atom. The van der Waals surface area contributed by atoms with Crippen molar-refractivity contribution in [3.63, 3.8) is 0 Å². The van der Waals surface area contributed by atoms with Gasteiger partial charge in [-0.25, -0.2) is 27.9 Å². The van der Waals surface area contributed by atoms with Gasteiger partial charge < -0.3 is 9.47 Å². The Bertz CT molecular complexity index is 1320. The first-order valence-corrected chi connectivity index (χ1v) is 17.5. The van der Waals surface area contributed by atoms with Crippen LogP contribution in [0.5, 0.6) is 11.5 Å². The number of halogens is 3. The minimum Gasteiger partial charge on any atom is -0.487 e. The third-order valence-electron chi connectivity index (χ3n) is 8.52. The first-order valence-electron chi connectivity index (χ1n) is 17.5. The fourth-order valence-electron chi connectivity index (χ4n) is 5.51. The molecule has 1 heterocycles. The van der Waals surface area contributed by atoms with E-state index in [4.69, 9.17) is 9.47 Å². The molecular weight excluding hydrogens is 601 g/mol. The van der Waals surface area contributed by atoms with Crippen LogP contribution in [0.25, 0.3) is 22.5 Å². The molecule has 2 aromatic carbocycles. The molecule has 4 atom stereocenters. The van der Waals surface area contributed by atoms with Gasteiger partial charge in [-0.2, -0.15) is 0 Å². The molecule has 0 radical (unpaired) electrons. The number of rotatable bonds is 22. The molecule has 3 rings (SSSR count). The summed E-state index contributed by atoms with van der Waals surface area (Å²) in [7, 11) is 0. The van der Waals surface area contributed by atoms with Crippen LogP contribution in [0.4, 0.5) is 13.2 Å². The second kappa shape index (κ2) is 20.1. The Labute approximate surface area is 279 Å². The zero-order valence-electron chi connectivity index (χ0n) is 28.7.